The molecule has 1 N–H and O–H groups in total. The van der Waals surface area contributed by atoms with Crippen LogP contribution in [0, 0.1) is 0 Å². The van der Waals surface area contributed by atoms with Crippen LogP contribution in [0.25, 0.3) is 0 Å². The average molecular weight is 301 g/mol. The predicted molar refractivity (Wildman–Crippen MR) is 80.3 cm³/mol. The first kappa shape index (κ1) is 16.8. The monoisotopic (exact) mass is 301 g/mol. The molecule has 0 aliphatic carbocycles. The van der Waals surface area contributed by atoms with Crippen molar-refractivity contribution in [2.24, 2.45) is 0 Å². The number of hydrogen-bond acceptors (Lipinski definition) is 5. The molecule has 0 amide bonds. The van der Waals surface area contributed by atoms with Gasteiger partial charge in [-0.1, -0.05) is 13.0 Å². The van der Waals surface area contributed by atoms with Crippen LogP contribution in [0.3, 0.4) is 0 Å². The summed E-state index contributed by atoms with van der Waals surface area (Å²) < 4.78 is 33.1. The molecule has 1 atom stereocenters. The van der Waals surface area contributed by atoms with Gasteiger partial charge in [-0.3, -0.25) is 0 Å². The molecule has 1 unspecified atom stereocenters. The number of sulfone groups is 1. The van der Waals surface area contributed by atoms with E-state index >= 15 is 0 Å². The zero-order valence-corrected chi connectivity index (χ0v) is 13.3. The number of benzene rings is 1. The topological polar surface area (TPSA) is 64.6 Å². The lowest BCUT2D eigenvalue weighted by molar-refractivity contribution is 0.329. The first-order chi connectivity index (χ1) is 9.37. The summed E-state index contributed by atoms with van der Waals surface area (Å²) in [6.45, 7) is 5.05. The Hall–Kier alpha value is -1.27. The maximum Gasteiger partial charge on any atom is 0.150 e. The maximum atomic E-state index is 11.1. The third-order valence-electron chi connectivity index (χ3n) is 2.91. The van der Waals surface area contributed by atoms with E-state index in [-0.39, 0.29) is 18.4 Å². The Kier molecular flexibility index (Phi) is 6.29. The minimum Gasteiger partial charge on any atom is -0.497 e. The molecule has 114 valence electrons. The summed E-state index contributed by atoms with van der Waals surface area (Å²) in [6.07, 6.45) is 1.20. The maximum absolute atomic E-state index is 11.1. The van der Waals surface area contributed by atoms with Crippen LogP contribution in [0.2, 0.25) is 0 Å². The van der Waals surface area contributed by atoms with Crippen molar-refractivity contribution in [3.63, 3.8) is 0 Å². The van der Waals surface area contributed by atoms with Gasteiger partial charge in [-0.15, -0.1) is 0 Å². The summed E-state index contributed by atoms with van der Waals surface area (Å²) in [6, 6.07) is 5.71. The van der Waals surface area contributed by atoms with Gasteiger partial charge in [-0.05, 0) is 19.5 Å². The summed E-state index contributed by atoms with van der Waals surface area (Å²) in [5.41, 5.74) is 0.987. The number of rotatable bonds is 8. The quantitative estimate of drug-likeness (QED) is 0.793. The highest BCUT2D eigenvalue weighted by Gasteiger charge is 2.13. The predicted octanol–water partition coefficient (Wildman–Crippen LogP) is 1.79. The van der Waals surface area contributed by atoms with Gasteiger partial charge < -0.3 is 14.8 Å². The van der Waals surface area contributed by atoms with Crippen molar-refractivity contribution in [1.82, 2.24) is 5.32 Å². The van der Waals surface area contributed by atoms with Crippen molar-refractivity contribution in [2.45, 2.75) is 19.9 Å². The van der Waals surface area contributed by atoms with Crippen LogP contribution in [0.5, 0.6) is 11.5 Å². The fourth-order valence-corrected chi connectivity index (χ4v) is 2.23. The van der Waals surface area contributed by atoms with E-state index in [1.165, 1.54) is 6.26 Å². The van der Waals surface area contributed by atoms with Gasteiger partial charge in [0.25, 0.3) is 0 Å². The molecule has 0 aliphatic heterocycles. The van der Waals surface area contributed by atoms with E-state index in [1.54, 1.807) is 13.2 Å². The molecule has 0 saturated carbocycles. The molecule has 20 heavy (non-hydrogen) atoms. The average Bonchev–Trinajstić information content (AvgIpc) is 2.37. The van der Waals surface area contributed by atoms with Crippen molar-refractivity contribution in [3.8, 4) is 11.5 Å². The number of methoxy groups -OCH3 is 1. The summed E-state index contributed by atoms with van der Waals surface area (Å²) in [7, 11) is -1.44. The molecular weight excluding hydrogens is 278 g/mol. The van der Waals surface area contributed by atoms with E-state index in [2.05, 4.69) is 5.32 Å². The number of ether oxygens (including phenoxy) is 2. The van der Waals surface area contributed by atoms with E-state index < -0.39 is 9.84 Å². The Morgan fingerprint density at radius 1 is 1.35 bits per heavy atom. The van der Waals surface area contributed by atoms with Crippen LogP contribution in [0.1, 0.15) is 25.5 Å². The Balaban J connectivity index is 2.88. The SMILES string of the molecule is CCNC(C)c1ccc(OC)cc1OCCS(C)(=O)=O. The molecule has 0 fully saturated rings. The van der Waals surface area contributed by atoms with Crippen LogP contribution >= 0.6 is 0 Å². The lowest BCUT2D eigenvalue weighted by Crippen LogP contribution is -2.19. The van der Waals surface area contributed by atoms with E-state index in [9.17, 15) is 8.42 Å². The zero-order chi connectivity index (χ0) is 15.2. The molecule has 6 heteroatoms. The van der Waals surface area contributed by atoms with Crippen molar-refractivity contribution < 1.29 is 17.9 Å². The minimum atomic E-state index is -3.03. The molecule has 0 radical (unpaired) electrons. The lowest BCUT2D eigenvalue weighted by Gasteiger charge is -2.18. The second-order valence-corrected chi connectivity index (χ2v) is 6.92. The van der Waals surface area contributed by atoms with Gasteiger partial charge >= 0.3 is 0 Å². The van der Waals surface area contributed by atoms with Crippen LogP contribution in [-0.2, 0) is 9.84 Å². The van der Waals surface area contributed by atoms with E-state index in [1.807, 2.05) is 26.0 Å². The molecule has 1 rings (SSSR count). The molecule has 1 aromatic rings. The Labute approximate surface area is 121 Å². The van der Waals surface area contributed by atoms with Crippen LogP contribution in [0.15, 0.2) is 18.2 Å². The molecular formula is C14H23NO4S. The molecule has 5 nitrogen and oxygen atoms in total. The second kappa shape index (κ2) is 7.50. The van der Waals surface area contributed by atoms with Crippen molar-refractivity contribution in [3.05, 3.63) is 23.8 Å². The molecule has 0 aromatic heterocycles. The second-order valence-electron chi connectivity index (χ2n) is 4.66. The molecule has 0 heterocycles. The fraction of sp³-hybridized carbons (Fsp3) is 0.571. The van der Waals surface area contributed by atoms with Gasteiger partial charge in [0, 0.05) is 23.9 Å². The highest BCUT2D eigenvalue weighted by molar-refractivity contribution is 7.90. The molecule has 0 bridgehead atoms. The number of hydrogen-bond donors (Lipinski definition) is 1. The Bertz CT molecular complexity index is 528. The smallest absolute Gasteiger partial charge is 0.150 e. The van der Waals surface area contributed by atoms with Crippen molar-refractivity contribution in [1.29, 1.82) is 0 Å². The Morgan fingerprint density at radius 2 is 2.05 bits per heavy atom. The van der Waals surface area contributed by atoms with E-state index in [4.69, 9.17) is 9.47 Å². The molecule has 0 aliphatic rings. The third kappa shape index (κ3) is 5.38. The highest BCUT2D eigenvalue weighted by Crippen LogP contribution is 2.29. The first-order valence-corrected chi connectivity index (χ1v) is 8.65. The summed E-state index contributed by atoms with van der Waals surface area (Å²) in [4.78, 5) is 0. The van der Waals surface area contributed by atoms with Crippen molar-refractivity contribution in [2.75, 3.05) is 32.3 Å². The first-order valence-electron chi connectivity index (χ1n) is 6.59. The van der Waals surface area contributed by atoms with Gasteiger partial charge in [0.1, 0.15) is 18.1 Å². The van der Waals surface area contributed by atoms with Crippen molar-refractivity contribution >= 4 is 9.84 Å². The van der Waals surface area contributed by atoms with Crippen LogP contribution in [-0.4, -0.2) is 40.7 Å². The summed E-state index contributed by atoms with van der Waals surface area (Å²) in [5.74, 6) is 1.34. The normalized spacial score (nSPS) is 13.0. The largest absolute Gasteiger partial charge is 0.497 e. The van der Waals surface area contributed by atoms with Crippen LogP contribution in [0.4, 0.5) is 0 Å². The highest BCUT2D eigenvalue weighted by atomic mass is 32.2. The Morgan fingerprint density at radius 3 is 2.60 bits per heavy atom. The third-order valence-corrected chi connectivity index (χ3v) is 3.82. The van der Waals surface area contributed by atoms with Gasteiger partial charge in [0.2, 0.25) is 0 Å². The fourth-order valence-electron chi connectivity index (χ4n) is 1.84. The minimum absolute atomic E-state index is 0.000757. The number of nitrogens with one attached hydrogen (secondary N) is 1. The summed E-state index contributed by atoms with van der Waals surface area (Å²) in [5, 5.41) is 3.31. The lowest BCUT2D eigenvalue weighted by atomic mass is 10.1. The zero-order valence-electron chi connectivity index (χ0n) is 12.5. The van der Waals surface area contributed by atoms with Gasteiger partial charge in [0.05, 0.1) is 12.9 Å². The van der Waals surface area contributed by atoms with Gasteiger partial charge in [-0.25, -0.2) is 8.42 Å². The molecule has 0 saturated heterocycles. The van der Waals surface area contributed by atoms with Gasteiger partial charge in [-0.2, -0.15) is 0 Å². The van der Waals surface area contributed by atoms with E-state index in [0.29, 0.717) is 11.5 Å². The molecule has 0 spiro atoms. The van der Waals surface area contributed by atoms with E-state index in [0.717, 1.165) is 12.1 Å². The molecule has 1 aromatic carbocycles. The van der Waals surface area contributed by atoms with Crippen LogP contribution < -0.4 is 14.8 Å². The summed E-state index contributed by atoms with van der Waals surface area (Å²) >= 11 is 0. The standard InChI is InChI=1S/C14H23NO4S/c1-5-15-11(2)13-7-6-12(18-3)10-14(13)19-8-9-20(4,16)17/h6-7,10-11,15H,5,8-9H2,1-4H3. The van der Waals surface area contributed by atoms with Gasteiger partial charge in [0.15, 0.2) is 9.84 Å².